The van der Waals surface area contributed by atoms with Crippen molar-refractivity contribution in [3.05, 3.63) is 0 Å². The second kappa shape index (κ2) is 2.25. The lowest BCUT2D eigenvalue weighted by atomic mass is 10.0. The Morgan fingerprint density at radius 2 is 1.91 bits per heavy atom. The highest BCUT2D eigenvalue weighted by atomic mass is 16.3. The predicted molar refractivity (Wildman–Crippen MR) is 43.8 cm³/mol. The van der Waals surface area contributed by atoms with Gasteiger partial charge in [-0.05, 0) is 38.5 Å². The van der Waals surface area contributed by atoms with Crippen molar-refractivity contribution in [3.63, 3.8) is 0 Å². The van der Waals surface area contributed by atoms with Gasteiger partial charge in [0.2, 0.25) is 0 Å². The van der Waals surface area contributed by atoms with E-state index in [1.54, 1.807) is 0 Å². The lowest BCUT2D eigenvalue weighted by molar-refractivity contribution is 0.0979. The maximum atomic E-state index is 9.76. The van der Waals surface area contributed by atoms with E-state index >= 15 is 0 Å². The van der Waals surface area contributed by atoms with Crippen LogP contribution in [0.4, 0.5) is 0 Å². The number of aliphatic hydroxyl groups is 1. The molecule has 1 nitrogen and oxygen atoms in total. The second-order valence-corrected chi connectivity index (χ2v) is 3.97. The highest BCUT2D eigenvalue weighted by Gasteiger charge is 2.38. The van der Waals surface area contributed by atoms with Crippen LogP contribution in [0.5, 0.6) is 0 Å². The summed E-state index contributed by atoms with van der Waals surface area (Å²) in [7, 11) is 0. The molecule has 0 aromatic heterocycles. The van der Waals surface area contributed by atoms with E-state index in [9.17, 15) is 5.11 Å². The van der Waals surface area contributed by atoms with Crippen molar-refractivity contribution in [3.8, 4) is 11.8 Å². The van der Waals surface area contributed by atoms with E-state index in [0.29, 0.717) is 11.8 Å². The van der Waals surface area contributed by atoms with Crippen molar-refractivity contribution in [2.75, 3.05) is 0 Å². The molecule has 0 saturated heterocycles. The van der Waals surface area contributed by atoms with Crippen molar-refractivity contribution >= 4 is 0 Å². The molecule has 11 heavy (non-hydrogen) atoms. The van der Waals surface area contributed by atoms with Gasteiger partial charge in [0, 0.05) is 5.92 Å². The molecule has 0 spiro atoms. The molecule has 2 saturated carbocycles. The predicted octanol–water partition coefficient (Wildman–Crippen LogP) is 1.56. The SMILES string of the molecule is CC(O)(C#CC1CC1)C1CC1. The fraction of sp³-hybridized carbons (Fsp3) is 0.800. The first kappa shape index (κ1) is 7.18. The van der Waals surface area contributed by atoms with Crippen LogP contribution in [0, 0.1) is 23.7 Å². The molecule has 2 aliphatic rings. The third kappa shape index (κ3) is 1.75. The lowest BCUT2D eigenvalue weighted by Crippen LogP contribution is -2.24. The average molecular weight is 150 g/mol. The van der Waals surface area contributed by atoms with Crippen LogP contribution in [0.1, 0.15) is 32.6 Å². The van der Waals surface area contributed by atoms with Gasteiger partial charge in [-0.1, -0.05) is 11.8 Å². The second-order valence-electron chi connectivity index (χ2n) is 3.97. The third-order valence-electron chi connectivity index (χ3n) is 2.48. The molecule has 0 radical (unpaired) electrons. The average Bonchev–Trinajstić information content (AvgIpc) is 2.79. The van der Waals surface area contributed by atoms with E-state index in [2.05, 4.69) is 11.8 Å². The van der Waals surface area contributed by atoms with Crippen LogP contribution in [0.3, 0.4) is 0 Å². The molecule has 60 valence electrons. The molecule has 0 bridgehead atoms. The van der Waals surface area contributed by atoms with E-state index in [-0.39, 0.29) is 0 Å². The summed E-state index contributed by atoms with van der Waals surface area (Å²) in [5, 5.41) is 9.76. The van der Waals surface area contributed by atoms with Crippen molar-refractivity contribution in [2.24, 2.45) is 11.8 Å². The van der Waals surface area contributed by atoms with Crippen molar-refractivity contribution in [1.82, 2.24) is 0 Å². The van der Waals surface area contributed by atoms with Gasteiger partial charge in [-0.25, -0.2) is 0 Å². The fourth-order valence-corrected chi connectivity index (χ4v) is 1.22. The van der Waals surface area contributed by atoms with Gasteiger partial charge in [0.05, 0.1) is 0 Å². The van der Waals surface area contributed by atoms with Gasteiger partial charge in [-0.3, -0.25) is 0 Å². The normalized spacial score (nSPS) is 28.5. The van der Waals surface area contributed by atoms with Crippen LogP contribution < -0.4 is 0 Å². The van der Waals surface area contributed by atoms with E-state index in [0.717, 1.165) is 12.8 Å². The fourth-order valence-electron chi connectivity index (χ4n) is 1.22. The monoisotopic (exact) mass is 150 g/mol. The van der Waals surface area contributed by atoms with Crippen molar-refractivity contribution in [1.29, 1.82) is 0 Å². The number of hydrogen-bond acceptors (Lipinski definition) is 1. The summed E-state index contributed by atoms with van der Waals surface area (Å²) in [6.07, 6.45) is 4.81. The van der Waals surface area contributed by atoms with E-state index in [4.69, 9.17) is 0 Å². The first-order valence-corrected chi connectivity index (χ1v) is 4.43. The van der Waals surface area contributed by atoms with Crippen LogP contribution in [-0.2, 0) is 0 Å². The Bertz CT molecular complexity index is 211. The molecule has 0 aromatic carbocycles. The molecule has 1 heteroatoms. The quantitative estimate of drug-likeness (QED) is 0.562. The Balaban J connectivity index is 1.96. The smallest absolute Gasteiger partial charge is 0.125 e. The molecule has 2 aliphatic carbocycles. The topological polar surface area (TPSA) is 20.2 Å². The first-order valence-electron chi connectivity index (χ1n) is 4.43. The summed E-state index contributed by atoms with van der Waals surface area (Å²) >= 11 is 0. The molecule has 0 heterocycles. The maximum absolute atomic E-state index is 9.76. The van der Waals surface area contributed by atoms with Gasteiger partial charge in [0.25, 0.3) is 0 Å². The van der Waals surface area contributed by atoms with Crippen LogP contribution in [0.2, 0.25) is 0 Å². The van der Waals surface area contributed by atoms with E-state index in [1.165, 1.54) is 12.8 Å². The van der Waals surface area contributed by atoms with Crippen LogP contribution >= 0.6 is 0 Å². The molecule has 1 atom stereocenters. The Hall–Kier alpha value is -0.480. The summed E-state index contributed by atoms with van der Waals surface area (Å²) in [5.41, 5.74) is -0.678. The van der Waals surface area contributed by atoms with Gasteiger partial charge in [-0.2, -0.15) is 0 Å². The molecule has 2 fully saturated rings. The molecule has 1 N–H and O–H groups in total. The Morgan fingerprint density at radius 3 is 2.36 bits per heavy atom. The summed E-state index contributed by atoms with van der Waals surface area (Å²) < 4.78 is 0. The summed E-state index contributed by atoms with van der Waals surface area (Å²) in [6, 6.07) is 0. The van der Waals surface area contributed by atoms with Crippen LogP contribution in [-0.4, -0.2) is 10.7 Å². The largest absolute Gasteiger partial charge is 0.378 e. The highest BCUT2D eigenvalue weighted by molar-refractivity contribution is 5.20. The molecule has 0 aromatic rings. The zero-order valence-electron chi connectivity index (χ0n) is 6.93. The number of rotatable bonds is 1. The summed E-state index contributed by atoms with van der Waals surface area (Å²) in [5.74, 6) is 7.18. The molecule has 1 unspecified atom stereocenters. The van der Waals surface area contributed by atoms with Gasteiger partial charge in [-0.15, -0.1) is 0 Å². The summed E-state index contributed by atoms with van der Waals surface area (Å²) in [6.45, 7) is 1.85. The van der Waals surface area contributed by atoms with Crippen LogP contribution in [0.25, 0.3) is 0 Å². The first-order chi connectivity index (χ1) is 5.18. The van der Waals surface area contributed by atoms with E-state index in [1.807, 2.05) is 6.92 Å². The molecule has 0 aliphatic heterocycles. The Kier molecular flexibility index (Phi) is 1.47. The summed E-state index contributed by atoms with van der Waals surface area (Å²) in [4.78, 5) is 0. The Labute approximate surface area is 67.8 Å². The van der Waals surface area contributed by atoms with Crippen molar-refractivity contribution < 1.29 is 5.11 Å². The molecular formula is C10H14O. The third-order valence-corrected chi connectivity index (χ3v) is 2.48. The standard InChI is InChI=1S/C10H14O/c1-10(11,9-4-5-9)7-6-8-2-3-8/h8-9,11H,2-5H2,1H3. The van der Waals surface area contributed by atoms with Crippen molar-refractivity contribution in [2.45, 2.75) is 38.2 Å². The van der Waals surface area contributed by atoms with Gasteiger partial charge in [0.15, 0.2) is 0 Å². The van der Waals surface area contributed by atoms with Crippen LogP contribution in [0.15, 0.2) is 0 Å². The van der Waals surface area contributed by atoms with Gasteiger partial charge in [0.1, 0.15) is 5.60 Å². The zero-order valence-corrected chi connectivity index (χ0v) is 6.93. The molecule has 2 rings (SSSR count). The number of hydrogen-bond donors (Lipinski definition) is 1. The Morgan fingerprint density at radius 1 is 1.27 bits per heavy atom. The van der Waals surface area contributed by atoms with Gasteiger partial charge >= 0.3 is 0 Å². The molecular weight excluding hydrogens is 136 g/mol. The highest BCUT2D eigenvalue weighted by Crippen LogP contribution is 2.39. The van der Waals surface area contributed by atoms with Gasteiger partial charge < -0.3 is 5.11 Å². The minimum Gasteiger partial charge on any atom is -0.378 e. The molecule has 0 amide bonds. The minimum atomic E-state index is -0.678. The maximum Gasteiger partial charge on any atom is 0.125 e. The zero-order chi connectivity index (χ0) is 7.90. The minimum absolute atomic E-state index is 0.466. The lowest BCUT2D eigenvalue weighted by Gasteiger charge is -2.14. The van der Waals surface area contributed by atoms with E-state index < -0.39 is 5.60 Å².